The Morgan fingerprint density at radius 2 is 1.40 bits per heavy atom. The lowest BCUT2D eigenvalue weighted by molar-refractivity contribution is 0.606. The summed E-state index contributed by atoms with van der Waals surface area (Å²) in [7, 11) is 0. The van der Waals surface area contributed by atoms with E-state index in [2.05, 4.69) is 0 Å². The Kier molecular flexibility index (Phi) is 7.76. The first-order valence-corrected chi connectivity index (χ1v) is 2.95. The van der Waals surface area contributed by atoms with Gasteiger partial charge in [-0.15, -0.1) is 0 Å². The van der Waals surface area contributed by atoms with Crippen LogP contribution >= 0.6 is 0 Å². The molecule has 5 heavy (non-hydrogen) atoms. The number of hydrogen-bond donors (Lipinski definition) is 0. The predicted octanol–water partition coefficient (Wildman–Crippen LogP) is 0.199. The van der Waals surface area contributed by atoms with E-state index in [1.54, 1.807) is 12.5 Å². The van der Waals surface area contributed by atoms with Gasteiger partial charge in [-0.3, -0.25) is 0 Å². The van der Waals surface area contributed by atoms with Crippen LogP contribution in [0.25, 0.3) is 0 Å². The Morgan fingerprint density at radius 1 is 1.40 bits per heavy atom. The van der Waals surface area contributed by atoms with Crippen LogP contribution < -0.4 is 0 Å². The van der Waals surface area contributed by atoms with E-state index in [1.807, 2.05) is 0 Å². The molecule has 0 aliphatic rings. The highest BCUT2D eigenvalue weighted by atomic mass is 32.2. The minimum Gasteiger partial charge on any atom is -0.617 e. The Labute approximate surface area is 36.6 Å². The topological polar surface area (TPSA) is 23.1 Å². The van der Waals surface area contributed by atoms with Crippen LogP contribution in [0.15, 0.2) is 0 Å². The molecule has 0 aromatic rings. The molecule has 0 spiro atoms. The van der Waals surface area contributed by atoms with Gasteiger partial charge in [0.15, 0.2) is 0 Å². The molecule has 0 fully saturated rings. The summed E-state index contributed by atoms with van der Waals surface area (Å²) in [6.07, 6.45) is 3.28. The van der Waals surface area contributed by atoms with E-state index in [9.17, 15) is 4.55 Å². The van der Waals surface area contributed by atoms with E-state index >= 15 is 0 Å². The molecule has 3 radical (unpaired) electrons. The van der Waals surface area contributed by atoms with Gasteiger partial charge in [0.25, 0.3) is 0 Å². The van der Waals surface area contributed by atoms with Gasteiger partial charge >= 0.3 is 0 Å². The number of rotatable bonds is 0. The maximum Gasteiger partial charge on any atom is 0.0946 e. The molecule has 0 aromatic carbocycles. The predicted molar refractivity (Wildman–Crippen MR) is 24.3 cm³/mol. The van der Waals surface area contributed by atoms with Gasteiger partial charge in [-0.2, -0.15) is 0 Å². The van der Waals surface area contributed by atoms with E-state index in [-0.39, 0.29) is 7.43 Å². The van der Waals surface area contributed by atoms with Crippen LogP contribution in [0.3, 0.4) is 0 Å². The molecule has 0 unspecified atom stereocenters. The zero-order chi connectivity index (χ0) is 3.58. The molecule has 31 valence electrons. The van der Waals surface area contributed by atoms with Crippen LogP contribution in [0.5, 0.6) is 0 Å². The van der Waals surface area contributed by atoms with Gasteiger partial charge in [-0.1, -0.05) is 11.2 Å². The van der Waals surface area contributed by atoms with Crippen molar-refractivity contribution in [1.29, 1.82) is 0 Å². The van der Waals surface area contributed by atoms with Gasteiger partial charge < -0.3 is 4.55 Å². The fourth-order valence-electron chi connectivity index (χ4n) is 0. The van der Waals surface area contributed by atoms with Crippen molar-refractivity contribution >= 4 is 11.2 Å². The van der Waals surface area contributed by atoms with E-state index in [0.29, 0.717) is 0 Å². The molecular weight excluding hydrogens is 84.1 g/mol. The van der Waals surface area contributed by atoms with E-state index in [1.165, 1.54) is 0 Å². The van der Waals surface area contributed by atoms with Crippen molar-refractivity contribution in [3.05, 3.63) is 7.43 Å². The summed E-state index contributed by atoms with van der Waals surface area (Å²) >= 11 is -0.611. The van der Waals surface area contributed by atoms with Crippen LogP contribution in [-0.4, -0.2) is 17.1 Å². The summed E-state index contributed by atoms with van der Waals surface area (Å²) in [6.45, 7) is 0. The summed E-state index contributed by atoms with van der Waals surface area (Å²) in [4.78, 5) is 0. The Morgan fingerprint density at radius 3 is 1.40 bits per heavy atom. The summed E-state index contributed by atoms with van der Waals surface area (Å²) < 4.78 is 9.56. The minimum atomic E-state index is -0.611. The van der Waals surface area contributed by atoms with Crippen molar-refractivity contribution in [3.63, 3.8) is 0 Å². The van der Waals surface area contributed by atoms with Gasteiger partial charge in [0.05, 0.1) is 12.5 Å². The standard InChI is InChI=1S/C2H6OS.CH/c1-4(2)3;/h1-2H3;1H. The lowest BCUT2D eigenvalue weighted by atomic mass is 11.9. The summed E-state index contributed by atoms with van der Waals surface area (Å²) in [6, 6.07) is 0. The highest BCUT2D eigenvalue weighted by Crippen LogP contribution is 1.61. The minimum absolute atomic E-state index is 0. The molecular formula is C3H7OS. The van der Waals surface area contributed by atoms with Crippen molar-refractivity contribution in [3.8, 4) is 0 Å². The van der Waals surface area contributed by atoms with E-state index in [4.69, 9.17) is 0 Å². The van der Waals surface area contributed by atoms with Crippen LogP contribution in [0.1, 0.15) is 0 Å². The molecule has 0 atom stereocenters. The molecule has 0 aliphatic carbocycles. The van der Waals surface area contributed by atoms with Gasteiger partial charge in [0.1, 0.15) is 0 Å². The Hall–Kier alpha value is 0.310. The molecule has 0 heterocycles. The largest absolute Gasteiger partial charge is 0.617 e. The van der Waals surface area contributed by atoms with Crippen molar-refractivity contribution in [2.24, 2.45) is 0 Å². The molecule has 0 saturated carbocycles. The fraction of sp³-hybridized carbons (Fsp3) is 0.667. The Balaban J connectivity index is 0. The molecule has 0 N–H and O–H groups in total. The monoisotopic (exact) mass is 91.0 g/mol. The van der Waals surface area contributed by atoms with Gasteiger partial charge in [0, 0.05) is 0 Å². The van der Waals surface area contributed by atoms with Crippen LogP contribution in [0.2, 0.25) is 0 Å². The van der Waals surface area contributed by atoms with E-state index < -0.39 is 11.2 Å². The third kappa shape index (κ3) is 239. The molecule has 0 rings (SSSR count). The van der Waals surface area contributed by atoms with Crippen molar-refractivity contribution in [1.82, 2.24) is 0 Å². The zero-order valence-corrected chi connectivity index (χ0v) is 4.21. The first kappa shape index (κ1) is 9.00. The maximum absolute atomic E-state index is 9.56. The number of hydrogen-bond acceptors (Lipinski definition) is 1. The lowest BCUT2D eigenvalue weighted by Crippen LogP contribution is -1.86. The molecule has 0 aromatic heterocycles. The van der Waals surface area contributed by atoms with Crippen LogP contribution in [0, 0.1) is 7.43 Å². The molecule has 0 amide bonds. The highest BCUT2D eigenvalue weighted by molar-refractivity contribution is 7.89. The average molecular weight is 91.2 g/mol. The normalized spacial score (nSPS) is 7.20. The van der Waals surface area contributed by atoms with Gasteiger partial charge in [-0.25, -0.2) is 0 Å². The van der Waals surface area contributed by atoms with Crippen molar-refractivity contribution in [2.45, 2.75) is 0 Å². The zero-order valence-electron chi connectivity index (χ0n) is 3.39. The summed E-state index contributed by atoms with van der Waals surface area (Å²) in [5.74, 6) is 0. The fourth-order valence-corrected chi connectivity index (χ4v) is 0. The van der Waals surface area contributed by atoms with Gasteiger partial charge in [-0.05, 0) is 7.43 Å². The third-order valence-corrected chi connectivity index (χ3v) is 0. The molecule has 2 heteroatoms. The van der Waals surface area contributed by atoms with Gasteiger partial charge in [0.2, 0.25) is 0 Å². The lowest BCUT2D eigenvalue weighted by Gasteiger charge is -1.87. The third-order valence-electron chi connectivity index (χ3n) is 0. The van der Waals surface area contributed by atoms with Crippen molar-refractivity contribution in [2.75, 3.05) is 12.5 Å². The second kappa shape index (κ2) is 4.31. The SMILES string of the molecule is C[S+](C)[O-].[CH]. The smallest absolute Gasteiger partial charge is 0.0946 e. The van der Waals surface area contributed by atoms with Crippen molar-refractivity contribution < 1.29 is 4.55 Å². The second-order valence-electron chi connectivity index (χ2n) is 0.742. The summed E-state index contributed by atoms with van der Waals surface area (Å²) in [5, 5.41) is 0. The first-order chi connectivity index (χ1) is 1.73. The molecule has 1 nitrogen and oxygen atoms in total. The first-order valence-electron chi connectivity index (χ1n) is 0.983. The molecule has 0 saturated heterocycles. The quantitative estimate of drug-likeness (QED) is 0.390. The summed E-state index contributed by atoms with van der Waals surface area (Å²) in [5.41, 5.74) is 0. The van der Waals surface area contributed by atoms with Crippen LogP contribution in [-0.2, 0) is 11.2 Å². The highest BCUT2D eigenvalue weighted by Gasteiger charge is 1.66. The maximum atomic E-state index is 9.56. The van der Waals surface area contributed by atoms with E-state index in [0.717, 1.165) is 0 Å². The average Bonchev–Trinajstić information content (AvgIpc) is 0.811. The molecule has 0 bridgehead atoms. The molecule has 0 aliphatic heterocycles. The van der Waals surface area contributed by atoms with Crippen LogP contribution in [0.4, 0.5) is 0 Å². The second-order valence-corrected chi connectivity index (χ2v) is 2.22. The Bertz CT molecular complexity index is 11.6.